The Bertz CT molecular complexity index is 1310. The summed E-state index contributed by atoms with van der Waals surface area (Å²) >= 11 is 0. The average molecular weight is 549 g/mol. The molecular weight excluding hydrogens is 516 g/mol. The van der Waals surface area contributed by atoms with Crippen molar-refractivity contribution in [1.82, 2.24) is 10.2 Å². The molecule has 3 aromatic carbocycles. The summed E-state index contributed by atoms with van der Waals surface area (Å²) < 4.78 is 26.9. The van der Waals surface area contributed by atoms with Crippen LogP contribution in [0.25, 0.3) is 0 Å². The molecule has 9 nitrogen and oxygen atoms in total. The van der Waals surface area contributed by atoms with Gasteiger partial charge in [0.05, 0.1) is 29.9 Å². The van der Waals surface area contributed by atoms with Gasteiger partial charge in [-0.2, -0.15) is 0 Å². The summed E-state index contributed by atoms with van der Waals surface area (Å²) in [6.45, 7) is 1.76. The minimum Gasteiger partial charge on any atom is -0.378 e. The molecule has 0 saturated carbocycles. The fraction of sp³-hybridized carbons (Fsp3) is 0.241. The molecule has 0 aromatic heterocycles. The molecule has 1 fully saturated rings. The summed E-state index contributed by atoms with van der Waals surface area (Å²) in [5.41, 5.74) is 1.75. The van der Waals surface area contributed by atoms with Gasteiger partial charge in [-0.15, -0.1) is 10.6 Å². The van der Waals surface area contributed by atoms with Crippen LogP contribution in [0.4, 0.5) is 4.79 Å². The van der Waals surface area contributed by atoms with Gasteiger partial charge in [-0.25, -0.2) is 4.79 Å². The molecule has 0 unspecified atom stereocenters. The number of amides is 2. The lowest BCUT2D eigenvalue weighted by molar-refractivity contribution is 0.0522. The lowest BCUT2D eigenvalue weighted by Gasteiger charge is -2.33. The van der Waals surface area contributed by atoms with Gasteiger partial charge >= 0.3 is 6.03 Å². The molecule has 5 N–H and O–H groups in total. The first-order valence-corrected chi connectivity index (χ1v) is 14.1. The normalized spacial score (nSPS) is 14.8. The van der Waals surface area contributed by atoms with Gasteiger partial charge in [-0.1, -0.05) is 60.7 Å². The maximum atomic E-state index is 13.5. The van der Waals surface area contributed by atoms with Crippen molar-refractivity contribution in [2.75, 3.05) is 26.3 Å². The molecule has 0 radical (unpaired) electrons. The first kappa shape index (κ1) is 28.2. The number of carbonyl (C=O) groups excluding carboxylic acids is 2. The minimum atomic E-state index is -3.74. The minimum absolute atomic E-state index is 0.0406. The Labute approximate surface area is 229 Å². The van der Waals surface area contributed by atoms with E-state index < -0.39 is 21.7 Å². The third-order valence-corrected chi connectivity index (χ3v) is 8.19. The highest BCUT2D eigenvalue weighted by Gasteiger charge is 2.28. The van der Waals surface area contributed by atoms with Gasteiger partial charge in [0, 0.05) is 31.5 Å². The topological polar surface area (TPSA) is 147 Å². The van der Waals surface area contributed by atoms with E-state index in [1.807, 2.05) is 48.5 Å². The first-order valence-electron chi connectivity index (χ1n) is 12.6. The number of hydrogen-bond donors (Lipinski definition) is 5. The second-order valence-corrected chi connectivity index (χ2v) is 11.2. The lowest BCUT2D eigenvalue weighted by Crippen LogP contribution is -2.51. The maximum absolute atomic E-state index is 13.5. The zero-order valence-electron chi connectivity index (χ0n) is 21.4. The molecule has 1 aliphatic rings. The smallest absolute Gasteiger partial charge is 0.318 e. The van der Waals surface area contributed by atoms with Crippen LogP contribution in [0.15, 0.2) is 89.8 Å². The number of morpholine rings is 1. The Kier molecular flexibility index (Phi) is 9.26. The van der Waals surface area contributed by atoms with Gasteiger partial charge in [0.25, 0.3) is 0 Å². The van der Waals surface area contributed by atoms with Crippen molar-refractivity contribution in [2.24, 2.45) is 0 Å². The van der Waals surface area contributed by atoms with Gasteiger partial charge < -0.3 is 20.4 Å². The third-order valence-electron chi connectivity index (χ3n) is 6.45. The molecule has 0 bridgehead atoms. The molecule has 204 valence electrons. The van der Waals surface area contributed by atoms with Crippen LogP contribution in [0.1, 0.15) is 21.5 Å². The standard InChI is InChI=1S/C29H32N4O5S/c30-25(19-21-7-3-1-4-8-21)28(31)39(36,37)24-13-11-23(12-14-24)27(34)26(20-22-9-5-2-6-10-22)32-29(35)33-15-17-38-18-16-33/h1-14,26,30-31,36-37H,15-20H2,(H,32,35)/t26-/m0/s1. The summed E-state index contributed by atoms with van der Waals surface area (Å²) in [6, 6.07) is 23.0. The summed E-state index contributed by atoms with van der Waals surface area (Å²) in [4.78, 5) is 28.1. The highest BCUT2D eigenvalue weighted by molar-refractivity contribution is 8.38. The van der Waals surface area contributed by atoms with Crippen molar-refractivity contribution in [3.63, 3.8) is 0 Å². The molecule has 4 rings (SSSR count). The number of nitrogens with one attached hydrogen (secondary N) is 3. The Morgan fingerprint density at radius 1 is 0.872 bits per heavy atom. The maximum Gasteiger partial charge on any atom is 0.318 e. The summed E-state index contributed by atoms with van der Waals surface area (Å²) in [6.07, 6.45) is 0.379. The molecule has 1 aliphatic heterocycles. The molecule has 0 aliphatic carbocycles. The Morgan fingerprint density at radius 2 is 1.44 bits per heavy atom. The van der Waals surface area contributed by atoms with E-state index >= 15 is 0 Å². The second-order valence-electron chi connectivity index (χ2n) is 9.20. The van der Waals surface area contributed by atoms with E-state index in [0.717, 1.165) is 11.1 Å². The second kappa shape index (κ2) is 12.8. The van der Waals surface area contributed by atoms with Crippen molar-refractivity contribution < 1.29 is 23.4 Å². The number of nitrogens with zero attached hydrogens (tertiary/aromatic N) is 1. The van der Waals surface area contributed by atoms with Crippen molar-refractivity contribution in [3.8, 4) is 0 Å². The van der Waals surface area contributed by atoms with Gasteiger partial charge in [-0.05, 0) is 35.4 Å². The lowest BCUT2D eigenvalue weighted by atomic mass is 9.97. The monoisotopic (exact) mass is 548 g/mol. The quantitative estimate of drug-likeness (QED) is 0.147. The zero-order valence-corrected chi connectivity index (χ0v) is 22.2. The van der Waals surface area contributed by atoms with Crippen molar-refractivity contribution in [1.29, 1.82) is 10.8 Å². The molecule has 39 heavy (non-hydrogen) atoms. The van der Waals surface area contributed by atoms with Gasteiger partial charge in [-0.3, -0.25) is 19.3 Å². The Hall–Kier alpha value is -3.83. The fourth-order valence-electron chi connectivity index (χ4n) is 4.25. The van der Waals surface area contributed by atoms with Crippen molar-refractivity contribution >= 4 is 33.2 Å². The van der Waals surface area contributed by atoms with Crippen LogP contribution in [0, 0.1) is 10.8 Å². The van der Waals surface area contributed by atoms with Gasteiger partial charge in [0.15, 0.2) is 10.8 Å². The average Bonchev–Trinajstić information content (AvgIpc) is 2.97. The predicted molar refractivity (Wildman–Crippen MR) is 152 cm³/mol. The number of Topliss-reactive ketones (excluding diaryl/α,β-unsaturated/α-hetero) is 1. The van der Waals surface area contributed by atoms with E-state index in [2.05, 4.69) is 5.32 Å². The van der Waals surface area contributed by atoms with Crippen LogP contribution < -0.4 is 5.32 Å². The summed E-state index contributed by atoms with van der Waals surface area (Å²) in [5, 5.41) is 18.8. The van der Waals surface area contributed by atoms with Crippen LogP contribution in [0.5, 0.6) is 0 Å². The van der Waals surface area contributed by atoms with Crippen LogP contribution in [0.2, 0.25) is 0 Å². The number of ketones is 1. The first-order chi connectivity index (χ1) is 18.8. The van der Waals surface area contributed by atoms with Crippen LogP contribution in [-0.4, -0.2) is 68.9 Å². The molecule has 1 atom stereocenters. The molecule has 2 amide bonds. The number of hydrogen-bond acceptors (Lipinski definition) is 7. The molecular formula is C29H32N4O5S. The highest BCUT2D eigenvalue weighted by Crippen LogP contribution is 2.49. The van der Waals surface area contributed by atoms with E-state index in [9.17, 15) is 18.7 Å². The summed E-state index contributed by atoms with van der Waals surface area (Å²) in [5.74, 6) is -0.324. The zero-order chi connectivity index (χ0) is 27.8. The van der Waals surface area contributed by atoms with Crippen LogP contribution in [0.3, 0.4) is 0 Å². The SMILES string of the molecule is N=C(Cc1ccccc1)C(=N)S(O)(O)c1ccc(C(=O)[C@H](Cc2ccccc2)NC(=O)N2CCOCC2)cc1. The predicted octanol–water partition coefficient (Wildman–Crippen LogP) is 4.87. The molecule has 1 saturated heterocycles. The fourth-order valence-corrected chi connectivity index (χ4v) is 5.41. The van der Waals surface area contributed by atoms with Crippen LogP contribution in [-0.2, 0) is 17.6 Å². The molecule has 3 aromatic rings. The number of ether oxygens (including phenoxy) is 1. The summed E-state index contributed by atoms with van der Waals surface area (Å²) in [7, 11) is -3.74. The van der Waals surface area contributed by atoms with Gasteiger partial charge in [0.2, 0.25) is 0 Å². The van der Waals surface area contributed by atoms with E-state index in [-0.39, 0.29) is 40.8 Å². The number of benzene rings is 3. The third kappa shape index (κ3) is 7.18. The number of carbonyl (C=O) groups is 2. The van der Waals surface area contributed by atoms with Crippen LogP contribution >= 0.6 is 10.6 Å². The highest BCUT2D eigenvalue weighted by atomic mass is 32.3. The molecule has 10 heteroatoms. The number of rotatable bonds is 9. The molecule has 0 spiro atoms. The van der Waals surface area contributed by atoms with E-state index in [4.69, 9.17) is 15.6 Å². The van der Waals surface area contributed by atoms with E-state index in [1.165, 1.54) is 24.3 Å². The largest absolute Gasteiger partial charge is 0.378 e. The Balaban J connectivity index is 1.49. The van der Waals surface area contributed by atoms with Gasteiger partial charge in [0.1, 0.15) is 0 Å². The van der Waals surface area contributed by atoms with Crippen molar-refractivity contribution in [3.05, 3.63) is 102 Å². The van der Waals surface area contributed by atoms with E-state index in [0.29, 0.717) is 26.3 Å². The Morgan fingerprint density at radius 3 is 2.03 bits per heavy atom. The molecule has 1 heterocycles. The number of urea groups is 1. The van der Waals surface area contributed by atoms with Crippen molar-refractivity contribution in [2.45, 2.75) is 23.8 Å². The van der Waals surface area contributed by atoms with E-state index in [1.54, 1.807) is 17.0 Å².